The summed E-state index contributed by atoms with van der Waals surface area (Å²) in [7, 11) is 0. The molecule has 0 spiro atoms. The molecule has 0 saturated heterocycles. The number of carboxylic acid groups (broad SMARTS) is 1. The number of nitrogens with one attached hydrogen (secondary N) is 1. The van der Waals surface area contributed by atoms with E-state index in [0.717, 1.165) is 16.9 Å². The van der Waals surface area contributed by atoms with Gasteiger partial charge in [0.05, 0.1) is 12.1 Å². The molecule has 0 amide bonds. The Morgan fingerprint density at radius 3 is 2.56 bits per heavy atom. The Kier molecular flexibility index (Phi) is 6.67. The third-order valence-corrected chi connectivity index (χ3v) is 4.85. The van der Waals surface area contributed by atoms with Crippen molar-refractivity contribution in [3.63, 3.8) is 0 Å². The second-order valence-electron chi connectivity index (χ2n) is 7.15. The van der Waals surface area contributed by atoms with Crippen molar-refractivity contribution < 1.29 is 14.6 Å². The SMILES string of the molecule is O=C(O)CC(c1cccnc1)c1cccc(Oc2ccc(CNc3ccccn3)cc2)n1. The molecular formula is C25H22N4O3. The van der Waals surface area contributed by atoms with Crippen LogP contribution in [0.5, 0.6) is 11.6 Å². The van der Waals surface area contributed by atoms with Gasteiger partial charge in [-0.25, -0.2) is 9.97 Å². The molecule has 1 atom stereocenters. The van der Waals surface area contributed by atoms with Gasteiger partial charge in [-0.2, -0.15) is 0 Å². The molecule has 0 aliphatic rings. The number of hydrogen-bond donors (Lipinski definition) is 2. The third kappa shape index (κ3) is 5.66. The molecule has 7 heteroatoms. The molecule has 3 aromatic heterocycles. The molecule has 0 bridgehead atoms. The maximum Gasteiger partial charge on any atom is 0.304 e. The van der Waals surface area contributed by atoms with Crippen molar-refractivity contribution in [2.45, 2.75) is 18.9 Å². The molecule has 3 heterocycles. The standard InChI is InChI=1S/C25H22N4O3/c30-25(31)15-21(19-5-4-13-26-17-19)22-6-3-8-24(29-22)32-20-11-9-18(10-12-20)16-28-23-7-1-2-14-27-23/h1-14,17,21H,15-16H2,(H,27,28)(H,30,31). The van der Waals surface area contributed by atoms with E-state index in [1.807, 2.05) is 54.6 Å². The lowest BCUT2D eigenvalue weighted by atomic mass is 9.93. The second kappa shape index (κ2) is 10.2. The number of ether oxygens (including phenoxy) is 1. The van der Waals surface area contributed by atoms with E-state index in [9.17, 15) is 9.90 Å². The Labute approximate surface area is 185 Å². The average molecular weight is 426 g/mol. The highest BCUT2D eigenvalue weighted by Crippen LogP contribution is 2.29. The molecule has 0 radical (unpaired) electrons. The third-order valence-electron chi connectivity index (χ3n) is 4.85. The normalized spacial score (nSPS) is 11.5. The minimum absolute atomic E-state index is 0.0832. The Morgan fingerprint density at radius 2 is 1.84 bits per heavy atom. The van der Waals surface area contributed by atoms with E-state index in [1.165, 1.54) is 0 Å². The van der Waals surface area contributed by atoms with Crippen molar-refractivity contribution in [1.82, 2.24) is 15.0 Å². The number of hydrogen-bond acceptors (Lipinski definition) is 6. The first kappa shape index (κ1) is 21.0. The van der Waals surface area contributed by atoms with Gasteiger partial charge in [0.1, 0.15) is 11.6 Å². The highest BCUT2D eigenvalue weighted by atomic mass is 16.5. The topological polar surface area (TPSA) is 97.2 Å². The van der Waals surface area contributed by atoms with E-state index in [0.29, 0.717) is 23.9 Å². The predicted octanol–water partition coefficient (Wildman–Crippen LogP) is 4.88. The quantitative estimate of drug-likeness (QED) is 0.393. The highest BCUT2D eigenvalue weighted by molar-refractivity contribution is 5.68. The molecule has 7 nitrogen and oxygen atoms in total. The van der Waals surface area contributed by atoms with Crippen molar-refractivity contribution in [3.8, 4) is 11.6 Å². The molecule has 0 saturated carbocycles. The summed E-state index contributed by atoms with van der Waals surface area (Å²) in [4.78, 5) is 24.3. The van der Waals surface area contributed by atoms with Crippen LogP contribution in [-0.2, 0) is 11.3 Å². The van der Waals surface area contributed by atoms with Gasteiger partial charge in [-0.1, -0.05) is 30.3 Å². The van der Waals surface area contributed by atoms with Gasteiger partial charge >= 0.3 is 5.97 Å². The molecule has 0 fully saturated rings. The second-order valence-corrected chi connectivity index (χ2v) is 7.15. The zero-order chi connectivity index (χ0) is 22.2. The van der Waals surface area contributed by atoms with Gasteiger partial charge in [0.25, 0.3) is 0 Å². The number of pyridine rings is 3. The van der Waals surface area contributed by atoms with E-state index in [4.69, 9.17) is 4.74 Å². The van der Waals surface area contributed by atoms with Crippen molar-refractivity contribution in [2.24, 2.45) is 0 Å². The average Bonchev–Trinajstić information content (AvgIpc) is 2.83. The highest BCUT2D eigenvalue weighted by Gasteiger charge is 2.20. The molecule has 1 unspecified atom stereocenters. The van der Waals surface area contributed by atoms with Crippen molar-refractivity contribution >= 4 is 11.8 Å². The fourth-order valence-electron chi connectivity index (χ4n) is 3.29. The number of aliphatic carboxylic acids is 1. The fourth-order valence-corrected chi connectivity index (χ4v) is 3.29. The summed E-state index contributed by atoms with van der Waals surface area (Å²) in [5, 5.41) is 12.6. The van der Waals surface area contributed by atoms with Crippen LogP contribution >= 0.6 is 0 Å². The Balaban J connectivity index is 1.45. The van der Waals surface area contributed by atoms with Gasteiger partial charge in [0.15, 0.2) is 0 Å². The first-order valence-corrected chi connectivity index (χ1v) is 10.2. The minimum Gasteiger partial charge on any atom is -0.481 e. The lowest BCUT2D eigenvalue weighted by Gasteiger charge is -2.15. The van der Waals surface area contributed by atoms with E-state index in [-0.39, 0.29) is 6.42 Å². The van der Waals surface area contributed by atoms with E-state index in [2.05, 4.69) is 20.3 Å². The molecule has 1 aromatic carbocycles. The number of rotatable bonds is 9. The molecular weight excluding hydrogens is 404 g/mol. The molecule has 4 aromatic rings. The van der Waals surface area contributed by atoms with Crippen LogP contribution in [0.15, 0.2) is 91.4 Å². The van der Waals surface area contributed by atoms with Crippen molar-refractivity contribution in [2.75, 3.05) is 5.32 Å². The van der Waals surface area contributed by atoms with Crippen LogP contribution in [-0.4, -0.2) is 26.0 Å². The summed E-state index contributed by atoms with van der Waals surface area (Å²) in [6.45, 7) is 0.646. The van der Waals surface area contributed by atoms with Crippen LogP contribution in [0.4, 0.5) is 5.82 Å². The van der Waals surface area contributed by atoms with Gasteiger partial charge in [-0.05, 0) is 47.5 Å². The summed E-state index contributed by atoms with van der Waals surface area (Å²) in [6.07, 6.45) is 4.99. The van der Waals surface area contributed by atoms with Crippen LogP contribution in [0.2, 0.25) is 0 Å². The summed E-state index contributed by atoms with van der Waals surface area (Å²) < 4.78 is 5.92. The van der Waals surface area contributed by atoms with Gasteiger partial charge in [0.2, 0.25) is 5.88 Å². The maximum atomic E-state index is 11.4. The molecule has 4 rings (SSSR count). The predicted molar refractivity (Wildman–Crippen MR) is 121 cm³/mol. The molecule has 160 valence electrons. The summed E-state index contributed by atoms with van der Waals surface area (Å²) >= 11 is 0. The Morgan fingerprint density at radius 1 is 0.969 bits per heavy atom. The van der Waals surface area contributed by atoms with Crippen LogP contribution in [0, 0.1) is 0 Å². The van der Waals surface area contributed by atoms with Gasteiger partial charge < -0.3 is 15.2 Å². The molecule has 32 heavy (non-hydrogen) atoms. The maximum absolute atomic E-state index is 11.4. The van der Waals surface area contributed by atoms with Crippen LogP contribution in [0.3, 0.4) is 0 Å². The molecule has 0 aliphatic heterocycles. The number of carbonyl (C=O) groups is 1. The number of anilines is 1. The first-order chi connectivity index (χ1) is 15.7. The lowest BCUT2D eigenvalue weighted by molar-refractivity contribution is -0.137. The van der Waals surface area contributed by atoms with Crippen molar-refractivity contribution in [3.05, 3.63) is 108 Å². The number of nitrogens with zero attached hydrogens (tertiary/aromatic N) is 3. The van der Waals surface area contributed by atoms with Crippen LogP contribution in [0.1, 0.15) is 29.2 Å². The zero-order valence-electron chi connectivity index (χ0n) is 17.3. The number of aromatic nitrogens is 3. The Hall–Kier alpha value is -4.26. The summed E-state index contributed by atoms with van der Waals surface area (Å²) in [5.74, 6) is 0.554. The van der Waals surface area contributed by atoms with Gasteiger partial charge in [-0.3, -0.25) is 9.78 Å². The first-order valence-electron chi connectivity index (χ1n) is 10.2. The monoisotopic (exact) mass is 426 g/mol. The van der Waals surface area contributed by atoms with E-state index >= 15 is 0 Å². The zero-order valence-corrected chi connectivity index (χ0v) is 17.3. The van der Waals surface area contributed by atoms with E-state index < -0.39 is 11.9 Å². The summed E-state index contributed by atoms with van der Waals surface area (Å²) in [5.41, 5.74) is 2.50. The largest absolute Gasteiger partial charge is 0.481 e. The Bertz CT molecular complexity index is 1150. The van der Waals surface area contributed by atoms with Gasteiger partial charge in [0, 0.05) is 37.1 Å². The van der Waals surface area contributed by atoms with Crippen molar-refractivity contribution in [1.29, 1.82) is 0 Å². The van der Waals surface area contributed by atoms with Gasteiger partial charge in [-0.15, -0.1) is 0 Å². The number of carboxylic acids is 1. The molecule has 2 N–H and O–H groups in total. The fraction of sp³-hybridized carbons (Fsp3) is 0.120. The smallest absolute Gasteiger partial charge is 0.304 e. The van der Waals surface area contributed by atoms with Crippen LogP contribution < -0.4 is 10.1 Å². The number of benzene rings is 1. The summed E-state index contributed by atoms with van der Waals surface area (Å²) in [6, 6.07) is 22.4. The minimum atomic E-state index is -0.901. The van der Waals surface area contributed by atoms with Crippen LogP contribution in [0.25, 0.3) is 0 Å². The molecule has 0 aliphatic carbocycles. The lowest BCUT2D eigenvalue weighted by Crippen LogP contribution is -2.10. The van der Waals surface area contributed by atoms with E-state index in [1.54, 1.807) is 36.8 Å².